The summed E-state index contributed by atoms with van der Waals surface area (Å²) in [5.74, 6) is 2.44. The summed E-state index contributed by atoms with van der Waals surface area (Å²) in [7, 11) is 1.82. The molecule has 2 saturated heterocycles. The number of hydrogen-bond acceptors (Lipinski definition) is 10. The SMILES string of the molecule is CCCC(C)N(C)C(=O)c1ccc(N2CCC(N3CC(Oc4ccc(Oc5c(-c6ccc(Br)cc6)sc6cc(O)ccc56)cc4)C3)CC2)cc1C=O.O=CNC=O. The summed E-state index contributed by atoms with van der Waals surface area (Å²) in [5, 5.41) is 12.8. The number of hydrogen-bond donors (Lipinski definition) is 2. The molecule has 2 N–H and O–H groups in total. The van der Waals surface area contributed by atoms with Gasteiger partial charge in [-0.1, -0.05) is 41.4 Å². The summed E-state index contributed by atoms with van der Waals surface area (Å²) < 4.78 is 14.8. The van der Waals surface area contributed by atoms with E-state index in [9.17, 15) is 14.7 Å². The molecule has 0 spiro atoms. The van der Waals surface area contributed by atoms with Crippen LogP contribution in [0, 0.1) is 0 Å². The number of likely N-dealkylation sites (tertiary alicyclic amines) is 1. The Bertz CT molecular complexity index is 2160. The Morgan fingerprint density at radius 3 is 2.28 bits per heavy atom. The zero-order valence-corrected chi connectivity index (χ0v) is 34.6. The number of anilines is 1. The van der Waals surface area contributed by atoms with Gasteiger partial charge in [-0.05, 0) is 105 Å². The molecular formula is C44H47BrN4O7S. The number of benzene rings is 4. The van der Waals surface area contributed by atoms with E-state index >= 15 is 0 Å². The molecule has 298 valence electrons. The summed E-state index contributed by atoms with van der Waals surface area (Å²) in [4.78, 5) is 50.9. The molecule has 4 aromatic carbocycles. The maximum absolute atomic E-state index is 13.1. The fourth-order valence-electron chi connectivity index (χ4n) is 7.25. The number of nitrogens with zero attached hydrogens (tertiary/aromatic N) is 3. The van der Waals surface area contributed by atoms with Crippen LogP contribution in [-0.4, -0.2) is 91.3 Å². The molecule has 1 aromatic heterocycles. The lowest BCUT2D eigenvalue weighted by Crippen LogP contribution is -2.59. The number of carbonyl (C=O) groups excluding carboxylic acids is 4. The van der Waals surface area contributed by atoms with E-state index in [2.05, 4.69) is 44.8 Å². The van der Waals surface area contributed by atoms with Crippen LogP contribution in [0.25, 0.3) is 20.5 Å². The van der Waals surface area contributed by atoms with Gasteiger partial charge in [0.2, 0.25) is 12.8 Å². The van der Waals surface area contributed by atoms with E-state index in [0.717, 1.165) is 106 Å². The van der Waals surface area contributed by atoms with Gasteiger partial charge in [-0.15, -0.1) is 11.3 Å². The van der Waals surface area contributed by atoms with Gasteiger partial charge in [0, 0.05) is 71.1 Å². The molecule has 0 saturated carbocycles. The second-order valence-electron chi connectivity index (χ2n) is 14.3. The van der Waals surface area contributed by atoms with Gasteiger partial charge in [0.1, 0.15) is 23.4 Å². The molecule has 2 aliphatic heterocycles. The van der Waals surface area contributed by atoms with Crippen LogP contribution in [0.1, 0.15) is 60.2 Å². The third-order valence-corrected chi connectivity index (χ3v) is 12.2. The average Bonchev–Trinajstić information content (AvgIpc) is 3.56. The quantitative estimate of drug-likeness (QED) is 0.106. The lowest BCUT2D eigenvalue weighted by molar-refractivity contribution is -0.117. The van der Waals surface area contributed by atoms with Gasteiger partial charge >= 0.3 is 0 Å². The van der Waals surface area contributed by atoms with E-state index < -0.39 is 0 Å². The standard InChI is InChI=1S/C42H44BrN3O5S.C2H3NO2/c1-4-5-27(2)44(3)42(49)37-16-10-32(22-29(37)26-47)45-20-18-31(19-21-45)46-24-36(25-46)50-34-12-14-35(15-13-34)51-40-38-17-11-33(48)23-39(38)52-41(40)28-6-8-30(43)9-7-28;4-1-3-2-5/h6-17,22-23,26-27,31,36,48H,4-5,18-21,24-25H2,1-3H3;1-2H,(H,3,4,5). The van der Waals surface area contributed by atoms with E-state index in [4.69, 9.17) is 19.1 Å². The number of imide groups is 1. The second-order valence-corrected chi connectivity index (χ2v) is 16.2. The van der Waals surface area contributed by atoms with Crippen molar-refractivity contribution in [2.24, 2.45) is 0 Å². The number of phenols is 1. The molecule has 0 bridgehead atoms. The van der Waals surface area contributed by atoms with Gasteiger partial charge in [-0.3, -0.25) is 24.1 Å². The van der Waals surface area contributed by atoms with E-state index in [0.29, 0.717) is 30.0 Å². The number of rotatable bonds is 14. The lowest BCUT2D eigenvalue weighted by Gasteiger charge is -2.47. The number of phenolic OH excluding ortho intramolecular Hbond substituents is 1. The van der Waals surface area contributed by atoms with Crippen LogP contribution in [0.4, 0.5) is 5.69 Å². The zero-order chi connectivity index (χ0) is 40.5. The van der Waals surface area contributed by atoms with Crippen molar-refractivity contribution < 1.29 is 33.8 Å². The number of carbonyl (C=O) groups is 4. The van der Waals surface area contributed by atoms with E-state index in [1.54, 1.807) is 33.7 Å². The number of aldehydes is 1. The second kappa shape index (κ2) is 19.3. The molecule has 3 heterocycles. The minimum atomic E-state index is -0.104. The third kappa shape index (κ3) is 10.0. The van der Waals surface area contributed by atoms with Crippen LogP contribution >= 0.6 is 27.3 Å². The highest BCUT2D eigenvalue weighted by molar-refractivity contribution is 9.10. The first-order valence-electron chi connectivity index (χ1n) is 19.1. The van der Waals surface area contributed by atoms with Crippen LogP contribution < -0.4 is 19.7 Å². The molecule has 7 rings (SSSR count). The Morgan fingerprint density at radius 2 is 1.65 bits per heavy atom. The summed E-state index contributed by atoms with van der Waals surface area (Å²) in [6.07, 6.45) is 5.57. The molecule has 5 aromatic rings. The highest BCUT2D eigenvalue weighted by atomic mass is 79.9. The van der Waals surface area contributed by atoms with Crippen molar-refractivity contribution in [3.8, 4) is 33.4 Å². The van der Waals surface area contributed by atoms with E-state index in [1.807, 2.05) is 74.6 Å². The third-order valence-electron chi connectivity index (χ3n) is 10.5. The number of halogens is 1. The van der Waals surface area contributed by atoms with Crippen LogP contribution in [-0.2, 0) is 9.59 Å². The van der Waals surface area contributed by atoms with Gasteiger partial charge in [0.15, 0.2) is 12.0 Å². The number of piperidine rings is 1. The highest BCUT2D eigenvalue weighted by Gasteiger charge is 2.35. The normalized spacial score (nSPS) is 15.1. The minimum absolute atomic E-state index is 0.104. The molecule has 57 heavy (non-hydrogen) atoms. The number of amides is 3. The molecule has 11 nitrogen and oxygen atoms in total. The first-order valence-corrected chi connectivity index (χ1v) is 20.7. The van der Waals surface area contributed by atoms with Crippen molar-refractivity contribution >= 4 is 68.1 Å². The van der Waals surface area contributed by atoms with Crippen molar-refractivity contribution in [2.75, 3.05) is 38.1 Å². The molecule has 2 fully saturated rings. The summed E-state index contributed by atoms with van der Waals surface area (Å²) in [6.45, 7) is 7.74. The topological polar surface area (TPSA) is 129 Å². The maximum Gasteiger partial charge on any atom is 0.254 e. The maximum atomic E-state index is 13.1. The number of ether oxygens (including phenoxy) is 2. The van der Waals surface area contributed by atoms with Gasteiger partial charge in [-0.25, -0.2) is 0 Å². The fourth-order valence-corrected chi connectivity index (χ4v) is 8.68. The number of thiophene rings is 1. The number of fused-ring (bicyclic) bond motifs is 1. The molecular weight excluding hydrogens is 808 g/mol. The first kappa shape index (κ1) is 41.4. The molecule has 1 unspecified atom stereocenters. The van der Waals surface area contributed by atoms with E-state index in [1.165, 1.54) is 0 Å². The zero-order valence-electron chi connectivity index (χ0n) is 32.2. The summed E-state index contributed by atoms with van der Waals surface area (Å²) >= 11 is 5.12. The van der Waals surface area contributed by atoms with Crippen LogP contribution in [0.2, 0.25) is 0 Å². The molecule has 3 amide bonds. The summed E-state index contributed by atoms with van der Waals surface area (Å²) in [6, 6.07) is 27.6. The predicted octanol–water partition coefficient (Wildman–Crippen LogP) is 8.52. The Labute approximate surface area is 345 Å². The van der Waals surface area contributed by atoms with Crippen molar-refractivity contribution in [2.45, 2.75) is 57.7 Å². The van der Waals surface area contributed by atoms with Crippen molar-refractivity contribution in [3.63, 3.8) is 0 Å². The number of nitrogens with one attached hydrogen (secondary N) is 1. The molecule has 0 aliphatic carbocycles. The van der Waals surface area contributed by atoms with Crippen LogP contribution in [0.3, 0.4) is 0 Å². The lowest BCUT2D eigenvalue weighted by atomic mass is 9.97. The Kier molecular flexibility index (Phi) is 14.0. The molecule has 1 atom stereocenters. The predicted molar refractivity (Wildman–Crippen MR) is 228 cm³/mol. The average molecular weight is 856 g/mol. The highest BCUT2D eigenvalue weighted by Crippen LogP contribution is 2.47. The van der Waals surface area contributed by atoms with Crippen molar-refractivity contribution in [1.82, 2.24) is 15.1 Å². The van der Waals surface area contributed by atoms with Gasteiger partial charge in [0.25, 0.3) is 5.91 Å². The van der Waals surface area contributed by atoms with Gasteiger partial charge in [0.05, 0.1) is 10.4 Å². The number of aromatic hydroxyl groups is 1. The largest absolute Gasteiger partial charge is 0.508 e. The fraction of sp³-hybridized carbons (Fsp3) is 0.318. The van der Waals surface area contributed by atoms with Crippen molar-refractivity contribution in [1.29, 1.82) is 0 Å². The van der Waals surface area contributed by atoms with Gasteiger partial charge < -0.3 is 29.7 Å². The minimum Gasteiger partial charge on any atom is -0.508 e. The van der Waals surface area contributed by atoms with Crippen LogP contribution in [0.15, 0.2) is 89.4 Å². The molecule has 13 heteroatoms. The monoisotopic (exact) mass is 854 g/mol. The Hall–Kier alpha value is -5.24. The van der Waals surface area contributed by atoms with E-state index in [-0.39, 0.29) is 23.8 Å². The van der Waals surface area contributed by atoms with Crippen LogP contribution in [0.5, 0.6) is 23.0 Å². The first-order chi connectivity index (χ1) is 27.6. The Morgan fingerprint density at radius 1 is 0.965 bits per heavy atom. The smallest absolute Gasteiger partial charge is 0.254 e. The Balaban J connectivity index is 0.00000103. The summed E-state index contributed by atoms with van der Waals surface area (Å²) in [5.41, 5.74) is 2.97. The van der Waals surface area contributed by atoms with Gasteiger partial charge in [-0.2, -0.15) is 0 Å². The molecule has 0 radical (unpaired) electrons. The van der Waals surface area contributed by atoms with Crippen molar-refractivity contribution in [3.05, 3.63) is 101 Å². The molecule has 2 aliphatic rings.